The fourth-order valence-electron chi connectivity index (χ4n) is 1.28. The molecule has 0 saturated carbocycles. The summed E-state index contributed by atoms with van der Waals surface area (Å²) in [5.74, 6) is 0.629. The van der Waals surface area contributed by atoms with E-state index >= 15 is 0 Å². The van der Waals surface area contributed by atoms with Crippen molar-refractivity contribution in [1.29, 1.82) is 0 Å². The summed E-state index contributed by atoms with van der Waals surface area (Å²) in [6, 6.07) is 1.87. The Kier molecular flexibility index (Phi) is 2.97. The van der Waals surface area contributed by atoms with Gasteiger partial charge in [-0.1, -0.05) is 0 Å². The Bertz CT molecular complexity index is 305. The van der Waals surface area contributed by atoms with Crippen molar-refractivity contribution >= 4 is 11.5 Å². The predicted octanol–water partition coefficient (Wildman–Crippen LogP) is 0.260. The van der Waals surface area contributed by atoms with Crippen molar-refractivity contribution in [3.63, 3.8) is 0 Å². The van der Waals surface area contributed by atoms with Gasteiger partial charge in [0.2, 0.25) is 5.88 Å². The molecule has 14 heavy (non-hydrogen) atoms. The van der Waals surface area contributed by atoms with Gasteiger partial charge in [0.25, 0.3) is 0 Å². The minimum Gasteiger partial charge on any atom is -0.480 e. The van der Waals surface area contributed by atoms with Crippen LogP contribution >= 0.6 is 11.5 Å². The highest BCUT2D eigenvalue weighted by Gasteiger charge is 2.21. The van der Waals surface area contributed by atoms with Crippen molar-refractivity contribution in [1.82, 2.24) is 9.44 Å². The van der Waals surface area contributed by atoms with E-state index in [0.29, 0.717) is 25.6 Å². The van der Waals surface area contributed by atoms with E-state index in [4.69, 9.17) is 9.57 Å². The van der Waals surface area contributed by atoms with E-state index in [9.17, 15) is 5.11 Å². The highest BCUT2D eigenvalue weighted by Crippen LogP contribution is 2.19. The molecule has 0 amide bonds. The summed E-state index contributed by atoms with van der Waals surface area (Å²) in [6.45, 7) is 1.59. The van der Waals surface area contributed by atoms with Gasteiger partial charge in [0.1, 0.15) is 0 Å². The van der Waals surface area contributed by atoms with E-state index in [0.717, 1.165) is 4.88 Å². The summed E-state index contributed by atoms with van der Waals surface area (Å²) in [6.07, 6.45) is -0.371. The third-order valence-corrected chi connectivity index (χ3v) is 2.70. The average molecular weight is 216 g/mol. The minimum atomic E-state index is -0.371. The largest absolute Gasteiger partial charge is 0.480 e. The standard InChI is InChI=1S/C8H12N2O3S/c1-12-8-2-7(14-9-8)4-10-3-6(11)5-13-10/h2,6,11H,3-5H2,1H3. The second kappa shape index (κ2) is 4.22. The van der Waals surface area contributed by atoms with Crippen LogP contribution in [0.1, 0.15) is 4.88 Å². The lowest BCUT2D eigenvalue weighted by molar-refractivity contribution is -0.117. The third-order valence-electron chi connectivity index (χ3n) is 1.94. The smallest absolute Gasteiger partial charge is 0.225 e. The van der Waals surface area contributed by atoms with Gasteiger partial charge < -0.3 is 9.84 Å². The van der Waals surface area contributed by atoms with E-state index in [-0.39, 0.29) is 6.10 Å². The van der Waals surface area contributed by atoms with E-state index in [1.165, 1.54) is 11.5 Å². The molecule has 1 aromatic rings. The highest BCUT2D eigenvalue weighted by atomic mass is 32.1. The molecule has 1 fully saturated rings. The summed E-state index contributed by atoms with van der Waals surface area (Å²) in [4.78, 5) is 6.30. The van der Waals surface area contributed by atoms with Gasteiger partial charge in [0, 0.05) is 10.9 Å². The lowest BCUT2D eigenvalue weighted by atomic mass is 10.4. The van der Waals surface area contributed by atoms with E-state index < -0.39 is 0 Å². The van der Waals surface area contributed by atoms with Crippen LogP contribution in [-0.4, -0.2) is 40.9 Å². The Balaban J connectivity index is 1.90. The molecule has 2 rings (SSSR count). The monoisotopic (exact) mass is 216 g/mol. The first-order valence-electron chi connectivity index (χ1n) is 4.33. The molecule has 1 saturated heterocycles. The van der Waals surface area contributed by atoms with E-state index in [2.05, 4.69) is 4.37 Å². The van der Waals surface area contributed by atoms with Gasteiger partial charge in [-0.3, -0.25) is 4.84 Å². The third kappa shape index (κ3) is 2.21. The topological polar surface area (TPSA) is 54.8 Å². The zero-order valence-electron chi connectivity index (χ0n) is 7.84. The maximum absolute atomic E-state index is 9.23. The molecule has 2 heterocycles. The number of hydrogen-bond acceptors (Lipinski definition) is 6. The molecule has 6 heteroatoms. The Morgan fingerprint density at radius 3 is 3.29 bits per heavy atom. The van der Waals surface area contributed by atoms with Gasteiger partial charge in [0.05, 0.1) is 32.9 Å². The summed E-state index contributed by atoms with van der Waals surface area (Å²) in [5.41, 5.74) is 0. The van der Waals surface area contributed by atoms with Crippen molar-refractivity contribution in [3.8, 4) is 5.88 Å². The maximum Gasteiger partial charge on any atom is 0.225 e. The van der Waals surface area contributed by atoms with Gasteiger partial charge in [-0.05, 0) is 11.5 Å². The van der Waals surface area contributed by atoms with Gasteiger partial charge in [0.15, 0.2) is 0 Å². The first kappa shape index (κ1) is 9.85. The lowest BCUT2D eigenvalue weighted by Crippen LogP contribution is -2.19. The summed E-state index contributed by atoms with van der Waals surface area (Å²) in [5, 5.41) is 11.0. The zero-order chi connectivity index (χ0) is 9.97. The molecule has 1 aliphatic heterocycles. The second-order valence-corrected chi connectivity index (χ2v) is 4.00. The van der Waals surface area contributed by atoms with Gasteiger partial charge in [-0.25, -0.2) is 0 Å². The van der Waals surface area contributed by atoms with Crippen LogP contribution in [0, 0.1) is 0 Å². The number of β-amino-alcohol motifs (C(OH)–C–C–N with tert-alkyl or cyclic N) is 1. The van der Waals surface area contributed by atoms with Crippen molar-refractivity contribution in [3.05, 3.63) is 10.9 Å². The van der Waals surface area contributed by atoms with Crippen LogP contribution in [0.3, 0.4) is 0 Å². The van der Waals surface area contributed by atoms with Gasteiger partial charge in [-0.2, -0.15) is 9.44 Å². The van der Waals surface area contributed by atoms with E-state index in [1.807, 2.05) is 6.07 Å². The highest BCUT2D eigenvalue weighted by molar-refractivity contribution is 7.05. The minimum absolute atomic E-state index is 0.371. The van der Waals surface area contributed by atoms with Gasteiger partial charge in [-0.15, -0.1) is 0 Å². The van der Waals surface area contributed by atoms with Gasteiger partial charge >= 0.3 is 0 Å². The first-order valence-corrected chi connectivity index (χ1v) is 5.11. The van der Waals surface area contributed by atoms with Crippen molar-refractivity contribution in [2.45, 2.75) is 12.6 Å². The molecule has 1 aliphatic rings. The molecular formula is C8H12N2O3S. The van der Waals surface area contributed by atoms with Crippen LogP contribution in [0.5, 0.6) is 5.88 Å². The summed E-state index contributed by atoms with van der Waals surface area (Å²) < 4.78 is 9.04. The fraction of sp³-hybridized carbons (Fsp3) is 0.625. The second-order valence-electron chi connectivity index (χ2n) is 3.11. The zero-order valence-corrected chi connectivity index (χ0v) is 8.66. The fourth-order valence-corrected chi connectivity index (χ4v) is 1.97. The number of hydroxylamine groups is 2. The molecule has 1 atom stereocenters. The number of ether oxygens (including phenoxy) is 1. The van der Waals surface area contributed by atoms with Crippen LogP contribution in [-0.2, 0) is 11.4 Å². The Morgan fingerprint density at radius 2 is 2.71 bits per heavy atom. The molecule has 78 valence electrons. The summed E-state index contributed by atoms with van der Waals surface area (Å²) in [7, 11) is 1.59. The molecule has 0 aliphatic carbocycles. The van der Waals surface area contributed by atoms with Crippen LogP contribution in [0.4, 0.5) is 0 Å². The van der Waals surface area contributed by atoms with Crippen LogP contribution < -0.4 is 4.74 Å². The van der Waals surface area contributed by atoms with Crippen molar-refractivity contribution < 1.29 is 14.7 Å². The number of hydrogen-bond donors (Lipinski definition) is 1. The average Bonchev–Trinajstić information content (AvgIpc) is 2.76. The molecular weight excluding hydrogens is 204 g/mol. The Morgan fingerprint density at radius 1 is 1.86 bits per heavy atom. The van der Waals surface area contributed by atoms with Crippen LogP contribution in [0.25, 0.3) is 0 Å². The number of rotatable bonds is 3. The number of aliphatic hydroxyl groups is 1. The molecule has 5 nitrogen and oxygen atoms in total. The Labute approximate surface area is 86.0 Å². The van der Waals surface area contributed by atoms with E-state index in [1.54, 1.807) is 12.2 Å². The number of methoxy groups -OCH3 is 1. The van der Waals surface area contributed by atoms with Crippen molar-refractivity contribution in [2.24, 2.45) is 0 Å². The molecule has 0 aromatic carbocycles. The lowest BCUT2D eigenvalue weighted by Gasteiger charge is -2.10. The number of aromatic nitrogens is 1. The molecule has 0 radical (unpaired) electrons. The SMILES string of the molecule is COc1cc(CN2CC(O)CO2)sn1. The van der Waals surface area contributed by atoms with Crippen molar-refractivity contribution in [2.75, 3.05) is 20.3 Å². The molecule has 1 aromatic heterocycles. The van der Waals surface area contributed by atoms with Crippen LogP contribution in [0.15, 0.2) is 6.07 Å². The number of aliphatic hydroxyl groups excluding tert-OH is 1. The Hall–Kier alpha value is -0.690. The maximum atomic E-state index is 9.23. The molecule has 1 unspecified atom stereocenters. The molecule has 0 spiro atoms. The normalized spacial score (nSPS) is 22.9. The summed E-state index contributed by atoms with van der Waals surface area (Å²) >= 11 is 1.38. The molecule has 0 bridgehead atoms. The number of nitrogens with zero attached hydrogens (tertiary/aromatic N) is 2. The van der Waals surface area contributed by atoms with Crippen LogP contribution in [0.2, 0.25) is 0 Å². The predicted molar refractivity (Wildman–Crippen MR) is 51.0 cm³/mol. The quantitative estimate of drug-likeness (QED) is 0.785. The first-order chi connectivity index (χ1) is 6.78. The molecule has 1 N–H and O–H groups in total.